The monoisotopic (exact) mass is 377 g/mol. The van der Waals surface area contributed by atoms with E-state index in [4.69, 9.17) is 0 Å². The van der Waals surface area contributed by atoms with E-state index in [0.29, 0.717) is 30.6 Å². The summed E-state index contributed by atoms with van der Waals surface area (Å²) in [4.78, 5) is 44.5. The second-order valence-corrected chi connectivity index (χ2v) is 7.36. The lowest BCUT2D eigenvalue weighted by Crippen LogP contribution is -2.56. The molecule has 3 amide bonds. The third-order valence-electron chi connectivity index (χ3n) is 5.51. The first-order valence-corrected chi connectivity index (χ1v) is 9.54. The van der Waals surface area contributed by atoms with Crippen molar-refractivity contribution >= 4 is 17.7 Å². The van der Waals surface area contributed by atoms with Gasteiger partial charge in [-0.1, -0.05) is 42.5 Å². The molecule has 2 aromatic carbocycles. The first kappa shape index (κ1) is 18.4. The molecule has 0 radical (unpaired) electrons. The zero-order valence-electron chi connectivity index (χ0n) is 15.9. The highest BCUT2D eigenvalue weighted by molar-refractivity contribution is 6.22. The number of fused-ring (bicyclic) bond motifs is 1. The fraction of sp³-hybridized carbons (Fsp3) is 0.318. The van der Waals surface area contributed by atoms with Crippen LogP contribution in [-0.4, -0.2) is 71.7 Å². The second kappa shape index (κ2) is 7.56. The van der Waals surface area contributed by atoms with E-state index in [2.05, 4.69) is 4.90 Å². The number of rotatable bonds is 4. The summed E-state index contributed by atoms with van der Waals surface area (Å²) in [6, 6.07) is 15.5. The number of likely N-dealkylation sites (N-methyl/N-ethyl adjacent to an activating group) is 1. The lowest BCUT2D eigenvalue weighted by molar-refractivity contribution is -0.137. The summed E-state index contributed by atoms with van der Waals surface area (Å²) in [7, 11) is 2.02. The van der Waals surface area contributed by atoms with Gasteiger partial charge in [0.25, 0.3) is 11.8 Å². The minimum atomic E-state index is -0.835. The van der Waals surface area contributed by atoms with E-state index in [1.165, 1.54) is 0 Å². The second-order valence-electron chi connectivity index (χ2n) is 7.36. The summed E-state index contributed by atoms with van der Waals surface area (Å²) >= 11 is 0. The van der Waals surface area contributed by atoms with Crippen LogP contribution in [0.2, 0.25) is 0 Å². The molecule has 0 aromatic heterocycles. The number of amides is 3. The Morgan fingerprint density at radius 2 is 1.39 bits per heavy atom. The molecular weight excluding hydrogens is 354 g/mol. The highest BCUT2D eigenvalue weighted by Gasteiger charge is 2.44. The Morgan fingerprint density at radius 1 is 0.857 bits per heavy atom. The largest absolute Gasteiger partial charge is 0.338 e. The number of hydrogen-bond donors (Lipinski definition) is 0. The molecule has 144 valence electrons. The van der Waals surface area contributed by atoms with Crippen LogP contribution >= 0.6 is 0 Å². The Labute approximate surface area is 164 Å². The topological polar surface area (TPSA) is 60.9 Å². The fourth-order valence-corrected chi connectivity index (χ4v) is 3.85. The van der Waals surface area contributed by atoms with Crippen molar-refractivity contribution in [2.75, 3.05) is 33.2 Å². The Hall–Kier alpha value is -2.99. The Morgan fingerprint density at radius 3 is 1.96 bits per heavy atom. The third-order valence-corrected chi connectivity index (χ3v) is 5.51. The molecule has 0 unspecified atom stereocenters. The van der Waals surface area contributed by atoms with Gasteiger partial charge in [0.1, 0.15) is 6.04 Å². The van der Waals surface area contributed by atoms with E-state index >= 15 is 0 Å². The Balaban J connectivity index is 1.66. The molecule has 2 aliphatic heterocycles. The van der Waals surface area contributed by atoms with Crippen molar-refractivity contribution in [3.05, 3.63) is 71.3 Å². The van der Waals surface area contributed by atoms with Crippen molar-refractivity contribution in [3.63, 3.8) is 0 Å². The van der Waals surface area contributed by atoms with E-state index < -0.39 is 6.04 Å². The summed E-state index contributed by atoms with van der Waals surface area (Å²) in [5, 5.41) is 0. The molecule has 1 saturated heterocycles. The van der Waals surface area contributed by atoms with E-state index in [0.717, 1.165) is 23.6 Å². The van der Waals surface area contributed by atoms with Gasteiger partial charge in [-0.25, -0.2) is 0 Å². The molecule has 6 nitrogen and oxygen atoms in total. The smallest absolute Gasteiger partial charge is 0.262 e. The van der Waals surface area contributed by atoms with E-state index in [1.807, 2.05) is 37.4 Å². The number of hydrogen-bond acceptors (Lipinski definition) is 4. The first-order valence-electron chi connectivity index (χ1n) is 9.54. The number of carbonyl (C=O) groups is 3. The van der Waals surface area contributed by atoms with Gasteiger partial charge < -0.3 is 9.80 Å². The van der Waals surface area contributed by atoms with Gasteiger partial charge in [-0.2, -0.15) is 0 Å². The van der Waals surface area contributed by atoms with Gasteiger partial charge >= 0.3 is 0 Å². The number of piperazine rings is 1. The van der Waals surface area contributed by atoms with Gasteiger partial charge in [0.05, 0.1) is 11.1 Å². The molecule has 1 atom stereocenters. The lowest BCUT2D eigenvalue weighted by Gasteiger charge is -2.36. The lowest BCUT2D eigenvalue weighted by atomic mass is 10.0. The van der Waals surface area contributed by atoms with Crippen molar-refractivity contribution in [3.8, 4) is 0 Å². The highest BCUT2D eigenvalue weighted by atomic mass is 16.2. The van der Waals surface area contributed by atoms with Crippen LogP contribution < -0.4 is 0 Å². The first-order chi connectivity index (χ1) is 13.6. The molecule has 1 fully saturated rings. The molecule has 0 saturated carbocycles. The number of nitrogens with zero attached hydrogens (tertiary/aromatic N) is 3. The average Bonchev–Trinajstić information content (AvgIpc) is 2.98. The zero-order chi connectivity index (χ0) is 19.7. The van der Waals surface area contributed by atoms with Crippen molar-refractivity contribution in [1.29, 1.82) is 0 Å². The molecular formula is C22H23N3O3. The summed E-state index contributed by atoms with van der Waals surface area (Å²) in [6.07, 6.45) is 0.317. The predicted molar refractivity (Wildman–Crippen MR) is 105 cm³/mol. The predicted octanol–water partition coefficient (Wildman–Crippen LogP) is 1.67. The van der Waals surface area contributed by atoms with Crippen LogP contribution in [0.3, 0.4) is 0 Å². The van der Waals surface area contributed by atoms with Crippen molar-refractivity contribution in [2.45, 2.75) is 12.5 Å². The number of carbonyl (C=O) groups excluding carboxylic acids is 3. The maximum absolute atomic E-state index is 13.4. The van der Waals surface area contributed by atoms with Gasteiger partial charge in [-0.05, 0) is 24.7 Å². The summed E-state index contributed by atoms with van der Waals surface area (Å²) < 4.78 is 0. The summed E-state index contributed by atoms with van der Waals surface area (Å²) in [6.45, 7) is 2.77. The zero-order valence-corrected chi connectivity index (χ0v) is 15.9. The normalized spacial score (nSPS) is 18.3. The van der Waals surface area contributed by atoms with Crippen LogP contribution in [0.25, 0.3) is 0 Å². The highest BCUT2D eigenvalue weighted by Crippen LogP contribution is 2.27. The molecule has 28 heavy (non-hydrogen) atoms. The molecule has 6 heteroatoms. The van der Waals surface area contributed by atoms with Gasteiger partial charge in [0.2, 0.25) is 5.91 Å². The van der Waals surface area contributed by atoms with E-state index in [9.17, 15) is 14.4 Å². The summed E-state index contributed by atoms with van der Waals surface area (Å²) in [5.74, 6) is -0.931. The van der Waals surface area contributed by atoms with Gasteiger partial charge in [0, 0.05) is 32.6 Å². The SMILES string of the molecule is CN1CCN(C(=O)[C@H](Cc2ccccc2)N2C(=O)c3ccccc3C2=O)CC1. The Bertz CT molecular complexity index is 869. The molecule has 2 aromatic rings. The van der Waals surface area contributed by atoms with E-state index in [-0.39, 0.29) is 17.7 Å². The van der Waals surface area contributed by atoms with Crippen molar-refractivity contribution in [1.82, 2.24) is 14.7 Å². The fourth-order valence-electron chi connectivity index (χ4n) is 3.85. The van der Waals surface area contributed by atoms with Crippen LogP contribution in [0.5, 0.6) is 0 Å². The molecule has 0 aliphatic carbocycles. The molecule has 0 bridgehead atoms. The quantitative estimate of drug-likeness (QED) is 0.761. The van der Waals surface area contributed by atoms with Gasteiger partial charge in [-0.15, -0.1) is 0 Å². The molecule has 2 heterocycles. The van der Waals surface area contributed by atoms with Crippen molar-refractivity contribution < 1.29 is 14.4 Å². The number of imide groups is 1. The maximum Gasteiger partial charge on any atom is 0.262 e. The standard InChI is InChI=1S/C22H23N3O3/c1-23-11-13-24(14-12-23)22(28)19(15-16-7-3-2-4-8-16)25-20(26)17-9-5-6-10-18(17)21(25)27/h2-10,19H,11-15H2,1H3/t19-/m0/s1. The minimum Gasteiger partial charge on any atom is -0.338 e. The van der Waals surface area contributed by atoms with Crippen molar-refractivity contribution in [2.24, 2.45) is 0 Å². The van der Waals surface area contributed by atoms with Crippen LogP contribution in [-0.2, 0) is 11.2 Å². The molecule has 0 N–H and O–H groups in total. The van der Waals surface area contributed by atoms with Gasteiger partial charge in [-0.3, -0.25) is 19.3 Å². The Kier molecular flexibility index (Phi) is 4.96. The summed E-state index contributed by atoms with van der Waals surface area (Å²) in [5.41, 5.74) is 1.67. The molecule has 2 aliphatic rings. The minimum absolute atomic E-state index is 0.161. The van der Waals surface area contributed by atoms with Crippen LogP contribution in [0, 0.1) is 0 Å². The molecule has 0 spiro atoms. The van der Waals surface area contributed by atoms with Gasteiger partial charge in [0.15, 0.2) is 0 Å². The van der Waals surface area contributed by atoms with Crippen LogP contribution in [0.15, 0.2) is 54.6 Å². The average molecular weight is 377 g/mol. The molecule has 4 rings (SSSR count). The van der Waals surface area contributed by atoms with E-state index in [1.54, 1.807) is 29.2 Å². The number of benzene rings is 2. The van der Waals surface area contributed by atoms with Crippen LogP contribution in [0.1, 0.15) is 26.3 Å². The third kappa shape index (κ3) is 3.31. The van der Waals surface area contributed by atoms with Crippen LogP contribution in [0.4, 0.5) is 0 Å². The maximum atomic E-state index is 13.4.